The second-order valence-electron chi connectivity index (χ2n) is 3.02. The van der Waals surface area contributed by atoms with Gasteiger partial charge in [-0.3, -0.25) is 4.79 Å². The van der Waals surface area contributed by atoms with Crippen molar-refractivity contribution in [3.63, 3.8) is 0 Å². The first kappa shape index (κ1) is 11.6. The van der Waals surface area contributed by atoms with Crippen molar-refractivity contribution in [1.82, 2.24) is 0 Å². The highest BCUT2D eigenvalue weighted by Crippen LogP contribution is 2.25. The summed E-state index contributed by atoms with van der Waals surface area (Å²) in [7, 11) is 0. The number of alkyl halides is 2. The van der Waals surface area contributed by atoms with Crippen molar-refractivity contribution in [3.05, 3.63) is 32.9 Å². The molecular weight excluding hydrogens is 301 g/mol. The summed E-state index contributed by atoms with van der Waals surface area (Å²) in [5.74, 6) is -0.104. The van der Waals surface area contributed by atoms with Crippen molar-refractivity contribution in [2.24, 2.45) is 0 Å². The minimum atomic E-state index is -2.51. The molecule has 0 aliphatic carbocycles. The number of ketones is 1. The molecule has 0 fully saturated rings. The largest absolute Gasteiger partial charge is 0.300 e. The van der Waals surface area contributed by atoms with E-state index in [1.165, 1.54) is 13.0 Å². The van der Waals surface area contributed by atoms with Gasteiger partial charge in [-0.05, 0) is 47.2 Å². The zero-order valence-electron chi connectivity index (χ0n) is 7.56. The molecule has 0 aliphatic rings. The Morgan fingerprint density at radius 2 is 2.14 bits per heavy atom. The lowest BCUT2D eigenvalue weighted by atomic mass is 10.0. The van der Waals surface area contributed by atoms with E-state index in [-0.39, 0.29) is 17.8 Å². The van der Waals surface area contributed by atoms with Gasteiger partial charge in [-0.2, -0.15) is 0 Å². The third-order valence-corrected chi connectivity index (χ3v) is 2.45. The Labute approximate surface area is 94.6 Å². The van der Waals surface area contributed by atoms with Crippen LogP contribution >= 0.6 is 22.6 Å². The molecule has 0 aromatic heterocycles. The predicted octanol–water partition coefficient (Wildman–Crippen LogP) is 3.36. The lowest BCUT2D eigenvalue weighted by molar-refractivity contribution is -0.116. The van der Waals surface area contributed by atoms with E-state index in [4.69, 9.17) is 0 Å². The molecule has 0 bridgehead atoms. The molecule has 14 heavy (non-hydrogen) atoms. The standard InChI is InChI=1S/C10H9F2IO/c1-6(14)4-7-2-3-8(13)5-9(7)10(11)12/h2-3,5,10H,4H2,1H3. The molecule has 0 radical (unpaired) electrons. The highest BCUT2D eigenvalue weighted by Gasteiger charge is 2.14. The Bertz CT molecular complexity index is 350. The van der Waals surface area contributed by atoms with Gasteiger partial charge in [0.05, 0.1) is 0 Å². The summed E-state index contributed by atoms with van der Waals surface area (Å²) >= 11 is 1.97. The van der Waals surface area contributed by atoms with Crippen molar-refractivity contribution in [1.29, 1.82) is 0 Å². The van der Waals surface area contributed by atoms with Crippen LogP contribution in [0.25, 0.3) is 0 Å². The van der Waals surface area contributed by atoms with Crippen molar-refractivity contribution in [3.8, 4) is 0 Å². The summed E-state index contributed by atoms with van der Waals surface area (Å²) in [5, 5.41) is 0. The number of halogens is 3. The molecule has 4 heteroatoms. The van der Waals surface area contributed by atoms with Crippen LogP contribution in [0.5, 0.6) is 0 Å². The monoisotopic (exact) mass is 310 g/mol. The van der Waals surface area contributed by atoms with Gasteiger partial charge in [0.25, 0.3) is 6.43 Å². The van der Waals surface area contributed by atoms with Crippen LogP contribution in [0.2, 0.25) is 0 Å². The van der Waals surface area contributed by atoms with Crippen LogP contribution < -0.4 is 0 Å². The van der Waals surface area contributed by atoms with Crippen molar-refractivity contribution >= 4 is 28.4 Å². The van der Waals surface area contributed by atoms with Gasteiger partial charge in [-0.25, -0.2) is 8.78 Å². The normalized spacial score (nSPS) is 10.6. The van der Waals surface area contributed by atoms with Gasteiger partial charge in [-0.1, -0.05) is 6.07 Å². The van der Waals surface area contributed by atoms with Crippen LogP contribution in [0.4, 0.5) is 8.78 Å². The molecule has 0 saturated carbocycles. The van der Waals surface area contributed by atoms with E-state index in [1.807, 2.05) is 22.6 Å². The molecule has 0 saturated heterocycles. The van der Waals surface area contributed by atoms with E-state index in [1.54, 1.807) is 12.1 Å². The van der Waals surface area contributed by atoms with E-state index in [9.17, 15) is 13.6 Å². The predicted molar refractivity (Wildman–Crippen MR) is 58.5 cm³/mol. The molecule has 0 amide bonds. The SMILES string of the molecule is CC(=O)Cc1ccc(I)cc1C(F)F. The zero-order valence-corrected chi connectivity index (χ0v) is 9.72. The van der Waals surface area contributed by atoms with Crippen molar-refractivity contribution in [2.45, 2.75) is 19.8 Å². The maximum atomic E-state index is 12.5. The fourth-order valence-corrected chi connectivity index (χ4v) is 1.71. The minimum Gasteiger partial charge on any atom is -0.300 e. The quantitative estimate of drug-likeness (QED) is 0.783. The summed E-state index contributed by atoms with van der Waals surface area (Å²) in [6, 6.07) is 4.73. The van der Waals surface area contributed by atoms with E-state index in [2.05, 4.69) is 0 Å². The highest BCUT2D eigenvalue weighted by molar-refractivity contribution is 14.1. The van der Waals surface area contributed by atoms with Crippen molar-refractivity contribution in [2.75, 3.05) is 0 Å². The fourth-order valence-electron chi connectivity index (χ4n) is 1.20. The Morgan fingerprint density at radius 1 is 1.50 bits per heavy atom. The number of Topliss-reactive ketones (excluding diaryl/α,β-unsaturated/α-hetero) is 1. The third-order valence-electron chi connectivity index (χ3n) is 1.78. The molecule has 1 aromatic carbocycles. The molecule has 1 aromatic rings. The third kappa shape index (κ3) is 3.01. The van der Waals surface area contributed by atoms with Gasteiger partial charge in [0.1, 0.15) is 5.78 Å². The van der Waals surface area contributed by atoms with Crippen molar-refractivity contribution < 1.29 is 13.6 Å². The second-order valence-corrected chi connectivity index (χ2v) is 4.27. The van der Waals surface area contributed by atoms with Crippen LogP contribution in [-0.4, -0.2) is 5.78 Å². The first-order valence-electron chi connectivity index (χ1n) is 4.06. The molecule has 0 N–H and O–H groups in total. The molecule has 0 heterocycles. The van der Waals surface area contributed by atoms with Gasteiger partial charge >= 0.3 is 0 Å². The van der Waals surface area contributed by atoms with E-state index >= 15 is 0 Å². The molecule has 0 atom stereocenters. The van der Waals surface area contributed by atoms with E-state index < -0.39 is 6.43 Å². The maximum absolute atomic E-state index is 12.5. The average molecular weight is 310 g/mol. The summed E-state index contributed by atoms with van der Waals surface area (Å²) in [5.41, 5.74) is 0.389. The molecule has 1 nitrogen and oxygen atoms in total. The molecular formula is C10H9F2IO. The second kappa shape index (κ2) is 4.82. The van der Waals surface area contributed by atoms with Gasteiger partial charge in [0.2, 0.25) is 0 Å². The number of carbonyl (C=O) groups is 1. The smallest absolute Gasteiger partial charge is 0.264 e. The van der Waals surface area contributed by atoms with Gasteiger partial charge in [-0.15, -0.1) is 0 Å². The summed E-state index contributed by atoms with van der Waals surface area (Å²) < 4.78 is 25.8. The Hall–Kier alpha value is -0.520. The first-order valence-corrected chi connectivity index (χ1v) is 5.14. The van der Waals surface area contributed by atoms with Crippen LogP contribution in [0.15, 0.2) is 18.2 Å². The molecule has 0 spiro atoms. The topological polar surface area (TPSA) is 17.1 Å². The number of benzene rings is 1. The molecule has 76 valence electrons. The van der Waals surface area contributed by atoms with E-state index in [0.29, 0.717) is 5.56 Å². The van der Waals surface area contributed by atoms with Crippen LogP contribution in [-0.2, 0) is 11.2 Å². The number of rotatable bonds is 3. The zero-order chi connectivity index (χ0) is 10.7. The summed E-state index contributed by atoms with van der Waals surface area (Å²) in [6.45, 7) is 1.40. The summed E-state index contributed by atoms with van der Waals surface area (Å²) in [6.07, 6.45) is -2.43. The van der Waals surface area contributed by atoms with Crippen LogP contribution in [0, 0.1) is 3.57 Å². The maximum Gasteiger partial charge on any atom is 0.264 e. The molecule has 1 rings (SSSR count). The van der Waals surface area contributed by atoms with E-state index in [0.717, 1.165) is 3.57 Å². The lowest BCUT2D eigenvalue weighted by Crippen LogP contribution is -2.01. The van der Waals surface area contributed by atoms with Gasteiger partial charge in [0, 0.05) is 15.6 Å². The Balaban J connectivity index is 3.08. The molecule has 0 aliphatic heterocycles. The number of hydrogen-bond acceptors (Lipinski definition) is 1. The number of carbonyl (C=O) groups excluding carboxylic acids is 1. The lowest BCUT2D eigenvalue weighted by Gasteiger charge is -2.07. The minimum absolute atomic E-state index is 0.0351. The van der Waals surface area contributed by atoms with Gasteiger partial charge < -0.3 is 0 Å². The summed E-state index contributed by atoms with van der Waals surface area (Å²) in [4.78, 5) is 10.8. The fraction of sp³-hybridized carbons (Fsp3) is 0.300. The first-order chi connectivity index (χ1) is 6.50. The Morgan fingerprint density at radius 3 is 2.64 bits per heavy atom. The average Bonchev–Trinajstić information content (AvgIpc) is 2.07. The number of hydrogen-bond donors (Lipinski definition) is 0. The van der Waals surface area contributed by atoms with Gasteiger partial charge in [0.15, 0.2) is 0 Å². The Kier molecular flexibility index (Phi) is 3.97. The van der Waals surface area contributed by atoms with Crippen LogP contribution in [0.1, 0.15) is 24.5 Å². The highest BCUT2D eigenvalue weighted by atomic mass is 127. The molecule has 0 unspecified atom stereocenters. The van der Waals surface area contributed by atoms with Crippen LogP contribution in [0.3, 0.4) is 0 Å².